The first kappa shape index (κ1) is 15.8. The Labute approximate surface area is 132 Å². The normalized spacial score (nSPS) is 16.7. The smallest absolute Gasteiger partial charge is 0.369 e. The van der Waals surface area contributed by atoms with Crippen LogP contribution >= 0.6 is 0 Å². The average molecular weight is 325 g/mol. The molecule has 0 aliphatic carbocycles. The molecule has 1 aromatic carbocycles. The van der Waals surface area contributed by atoms with E-state index in [2.05, 4.69) is 15.0 Å². The summed E-state index contributed by atoms with van der Waals surface area (Å²) in [6.45, 7) is 4.72. The lowest BCUT2D eigenvalue weighted by Gasteiger charge is -2.36. The van der Waals surface area contributed by atoms with E-state index >= 15 is 0 Å². The molecule has 3 rings (SSSR count). The number of alkyl halides is 3. The Bertz CT molecular complexity index is 618. The minimum atomic E-state index is -4.30. The van der Waals surface area contributed by atoms with Gasteiger partial charge in [-0.2, -0.15) is 18.3 Å². The second-order valence-corrected chi connectivity index (χ2v) is 5.54. The molecule has 1 aromatic heterocycles. The van der Waals surface area contributed by atoms with Gasteiger partial charge in [0, 0.05) is 38.4 Å². The molecule has 1 saturated heterocycles. The fraction of sp³-hybridized carbons (Fsp3) is 0.467. The van der Waals surface area contributed by atoms with Crippen molar-refractivity contribution < 1.29 is 13.2 Å². The van der Waals surface area contributed by atoms with Crippen LogP contribution in [0.3, 0.4) is 0 Å². The summed E-state index contributed by atoms with van der Waals surface area (Å²) in [6.07, 6.45) is -1.11. The lowest BCUT2D eigenvalue weighted by Crippen LogP contribution is -2.47. The third-order valence-corrected chi connectivity index (χ3v) is 4.02. The summed E-state index contributed by atoms with van der Waals surface area (Å²) in [4.78, 5) is 8.18. The SMILES string of the molecule is FC(F)(F)c1cccc(N2CCN(CCn3cncn3)CC2)c1. The van der Waals surface area contributed by atoms with Crippen LogP contribution in [0.1, 0.15) is 5.56 Å². The highest BCUT2D eigenvalue weighted by Gasteiger charge is 2.31. The van der Waals surface area contributed by atoms with Crippen molar-refractivity contribution in [2.45, 2.75) is 12.7 Å². The molecule has 1 fully saturated rings. The number of aromatic nitrogens is 3. The van der Waals surface area contributed by atoms with E-state index in [1.807, 2.05) is 4.90 Å². The van der Waals surface area contributed by atoms with Gasteiger partial charge in [0.25, 0.3) is 0 Å². The minimum absolute atomic E-state index is 0.594. The maximum atomic E-state index is 12.8. The van der Waals surface area contributed by atoms with E-state index in [-0.39, 0.29) is 0 Å². The van der Waals surface area contributed by atoms with Crippen LogP contribution in [0.15, 0.2) is 36.9 Å². The van der Waals surface area contributed by atoms with Gasteiger partial charge in [-0.1, -0.05) is 6.07 Å². The van der Waals surface area contributed by atoms with Crippen LogP contribution in [-0.2, 0) is 12.7 Å². The number of halogens is 3. The molecular formula is C15H18F3N5. The highest BCUT2D eigenvalue weighted by Crippen LogP contribution is 2.31. The molecule has 8 heteroatoms. The van der Waals surface area contributed by atoms with Crippen molar-refractivity contribution in [3.05, 3.63) is 42.5 Å². The maximum Gasteiger partial charge on any atom is 0.416 e. The van der Waals surface area contributed by atoms with Crippen LogP contribution in [0.4, 0.5) is 18.9 Å². The summed E-state index contributed by atoms with van der Waals surface area (Å²) in [5, 5.41) is 4.06. The first-order valence-corrected chi connectivity index (χ1v) is 7.49. The molecule has 2 heterocycles. The summed E-state index contributed by atoms with van der Waals surface area (Å²) in [7, 11) is 0. The van der Waals surface area contributed by atoms with Gasteiger partial charge in [0.05, 0.1) is 12.1 Å². The molecule has 0 unspecified atom stereocenters. The van der Waals surface area contributed by atoms with E-state index in [0.29, 0.717) is 5.69 Å². The lowest BCUT2D eigenvalue weighted by atomic mass is 10.1. The van der Waals surface area contributed by atoms with Crippen molar-refractivity contribution in [1.29, 1.82) is 0 Å². The molecule has 0 radical (unpaired) electrons. The first-order valence-electron chi connectivity index (χ1n) is 7.49. The van der Waals surface area contributed by atoms with Crippen molar-refractivity contribution in [1.82, 2.24) is 19.7 Å². The van der Waals surface area contributed by atoms with E-state index in [1.54, 1.807) is 17.1 Å². The number of piperazine rings is 1. The Morgan fingerprint density at radius 1 is 1.04 bits per heavy atom. The zero-order valence-corrected chi connectivity index (χ0v) is 12.6. The van der Waals surface area contributed by atoms with Crippen molar-refractivity contribution in [3.63, 3.8) is 0 Å². The molecule has 0 bridgehead atoms. The monoisotopic (exact) mass is 325 g/mol. The summed E-state index contributed by atoms with van der Waals surface area (Å²) >= 11 is 0. The number of benzene rings is 1. The van der Waals surface area contributed by atoms with Gasteiger partial charge in [-0.25, -0.2) is 4.98 Å². The number of hydrogen-bond donors (Lipinski definition) is 0. The van der Waals surface area contributed by atoms with Gasteiger partial charge < -0.3 is 4.90 Å². The van der Waals surface area contributed by atoms with Crippen LogP contribution in [0.5, 0.6) is 0 Å². The third kappa shape index (κ3) is 4.01. The lowest BCUT2D eigenvalue weighted by molar-refractivity contribution is -0.137. The van der Waals surface area contributed by atoms with E-state index in [0.717, 1.165) is 45.3 Å². The zero-order chi connectivity index (χ0) is 16.3. The fourth-order valence-electron chi connectivity index (χ4n) is 2.70. The van der Waals surface area contributed by atoms with Gasteiger partial charge in [0.15, 0.2) is 0 Å². The van der Waals surface area contributed by atoms with Gasteiger partial charge in [0.1, 0.15) is 12.7 Å². The van der Waals surface area contributed by atoms with Crippen LogP contribution in [0.2, 0.25) is 0 Å². The van der Waals surface area contributed by atoms with Crippen molar-refractivity contribution in [2.24, 2.45) is 0 Å². The Balaban J connectivity index is 1.54. The Morgan fingerprint density at radius 3 is 2.48 bits per heavy atom. The summed E-state index contributed by atoms with van der Waals surface area (Å²) < 4.78 is 40.2. The predicted molar refractivity (Wildman–Crippen MR) is 80.1 cm³/mol. The molecular weight excluding hydrogens is 307 g/mol. The standard InChI is InChI=1S/C15H18F3N5/c16-15(17,18)13-2-1-3-14(10-13)22-7-4-21(5-8-22)6-9-23-12-19-11-20-23/h1-3,10-12H,4-9H2. The Morgan fingerprint density at radius 2 is 1.83 bits per heavy atom. The van der Waals surface area contributed by atoms with Gasteiger partial charge in [-0.05, 0) is 18.2 Å². The van der Waals surface area contributed by atoms with E-state index in [4.69, 9.17) is 0 Å². The molecule has 0 N–H and O–H groups in total. The average Bonchev–Trinajstić information content (AvgIpc) is 3.06. The predicted octanol–water partition coefficient (Wildman–Crippen LogP) is 2.12. The number of rotatable bonds is 4. The maximum absolute atomic E-state index is 12.8. The summed E-state index contributed by atoms with van der Waals surface area (Å²) in [6, 6.07) is 5.54. The van der Waals surface area contributed by atoms with Gasteiger partial charge in [0.2, 0.25) is 0 Å². The van der Waals surface area contributed by atoms with Gasteiger partial charge >= 0.3 is 6.18 Å². The molecule has 124 valence electrons. The second kappa shape index (κ2) is 6.57. The van der Waals surface area contributed by atoms with E-state index < -0.39 is 11.7 Å². The Hall–Kier alpha value is -2.09. The quantitative estimate of drug-likeness (QED) is 0.863. The molecule has 1 aliphatic heterocycles. The highest BCUT2D eigenvalue weighted by molar-refractivity contribution is 5.49. The largest absolute Gasteiger partial charge is 0.416 e. The number of nitrogens with zero attached hydrogens (tertiary/aromatic N) is 5. The topological polar surface area (TPSA) is 37.2 Å². The molecule has 23 heavy (non-hydrogen) atoms. The third-order valence-electron chi connectivity index (χ3n) is 4.02. The van der Waals surface area contributed by atoms with Crippen LogP contribution in [0.25, 0.3) is 0 Å². The molecule has 0 amide bonds. The zero-order valence-electron chi connectivity index (χ0n) is 12.6. The van der Waals surface area contributed by atoms with Crippen molar-refractivity contribution >= 4 is 5.69 Å². The fourth-order valence-corrected chi connectivity index (χ4v) is 2.70. The second-order valence-electron chi connectivity index (χ2n) is 5.54. The van der Waals surface area contributed by atoms with Crippen LogP contribution in [-0.4, -0.2) is 52.4 Å². The summed E-state index contributed by atoms with van der Waals surface area (Å²) in [5.74, 6) is 0. The highest BCUT2D eigenvalue weighted by atomic mass is 19.4. The Kier molecular flexibility index (Phi) is 4.51. The first-order chi connectivity index (χ1) is 11.0. The van der Waals surface area contributed by atoms with E-state index in [9.17, 15) is 13.2 Å². The number of hydrogen-bond acceptors (Lipinski definition) is 4. The van der Waals surface area contributed by atoms with Gasteiger partial charge in [-0.15, -0.1) is 0 Å². The van der Waals surface area contributed by atoms with Gasteiger partial charge in [-0.3, -0.25) is 9.58 Å². The molecule has 0 saturated carbocycles. The minimum Gasteiger partial charge on any atom is -0.369 e. The molecule has 2 aromatic rings. The molecule has 1 aliphatic rings. The van der Waals surface area contributed by atoms with E-state index in [1.165, 1.54) is 18.5 Å². The van der Waals surface area contributed by atoms with Crippen molar-refractivity contribution in [2.75, 3.05) is 37.6 Å². The van der Waals surface area contributed by atoms with Crippen LogP contribution in [0, 0.1) is 0 Å². The molecule has 0 spiro atoms. The van der Waals surface area contributed by atoms with Crippen molar-refractivity contribution in [3.8, 4) is 0 Å². The number of anilines is 1. The van der Waals surface area contributed by atoms with Crippen LogP contribution < -0.4 is 4.90 Å². The molecule has 5 nitrogen and oxygen atoms in total. The molecule has 0 atom stereocenters. The summed E-state index contributed by atoms with van der Waals surface area (Å²) in [5.41, 5.74) is 0.0411.